The summed E-state index contributed by atoms with van der Waals surface area (Å²) in [5.74, 6) is -2.39. The van der Waals surface area contributed by atoms with Crippen LogP contribution in [0.2, 0.25) is 0 Å². The van der Waals surface area contributed by atoms with Crippen LogP contribution in [-0.4, -0.2) is 35.4 Å². The first-order valence-electron chi connectivity index (χ1n) is 6.41. The maximum atomic E-state index is 11.6. The molecule has 0 aliphatic rings. The molecule has 1 aromatic carbocycles. The molecule has 1 aromatic rings. The molecule has 0 heterocycles. The van der Waals surface area contributed by atoms with Crippen molar-refractivity contribution in [3.8, 4) is 11.5 Å². The third-order valence-electron chi connectivity index (χ3n) is 2.43. The molecule has 0 aromatic heterocycles. The first-order valence-corrected chi connectivity index (χ1v) is 6.41. The van der Waals surface area contributed by atoms with E-state index in [1.807, 2.05) is 13.8 Å². The Bertz CT molecular complexity index is 449. The van der Waals surface area contributed by atoms with Crippen LogP contribution in [0.15, 0.2) is 12.1 Å². The van der Waals surface area contributed by atoms with E-state index in [1.165, 1.54) is 0 Å². The fourth-order valence-corrected chi connectivity index (χ4v) is 1.45. The molecule has 0 atom stereocenters. The second kappa shape index (κ2) is 7.37. The number of phenols is 2. The van der Waals surface area contributed by atoms with E-state index in [2.05, 4.69) is 0 Å². The van der Waals surface area contributed by atoms with Gasteiger partial charge in [-0.15, -0.1) is 0 Å². The zero-order valence-electron chi connectivity index (χ0n) is 11.5. The first kappa shape index (κ1) is 15.8. The zero-order valence-corrected chi connectivity index (χ0v) is 11.5. The summed E-state index contributed by atoms with van der Waals surface area (Å²) in [6, 6.07) is 1.99. The molecule has 0 amide bonds. The average Bonchev–Trinajstić information content (AvgIpc) is 2.44. The molecule has 0 saturated heterocycles. The Morgan fingerprint density at radius 2 is 1.25 bits per heavy atom. The lowest BCUT2D eigenvalue weighted by molar-refractivity contribution is 0.0484. The topological polar surface area (TPSA) is 93.1 Å². The quantitative estimate of drug-likeness (QED) is 0.614. The molecule has 0 aliphatic heterocycles. The number of hydrogen-bond acceptors (Lipinski definition) is 6. The summed E-state index contributed by atoms with van der Waals surface area (Å²) < 4.78 is 9.70. The Morgan fingerprint density at radius 3 is 1.55 bits per heavy atom. The van der Waals surface area contributed by atoms with E-state index in [9.17, 15) is 19.8 Å². The molecule has 1 rings (SSSR count). The molecule has 2 N–H and O–H groups in total. The molecule has 20 heavy (non-hydrogen) atoms. The van der Waals surface area contributed by atoms with Gasteiger partial charge in [0.2, 0.25) is 0 Å². The van der Waals surface area contributed by atoms with Crippen molar-refractivity contribution in [3.05, 3.63) is 23.3 Å². The van der Waals surface area contributed by atoms with Gasteiger partial charge in [-0.1, -0.05) is 13.8 Å². The molecule has 0 fully saturated rings. The Kier molecular flexibility index (Phi) is 5.83. The Hall–Kier alpha value is -2.24. The lowest BCUT2D eigenvalue weighted by atomic mass is 10.1. The van der Waals surface area contributed by atoms with E-state index < -0.39 is 23.4 Å². The highest BCUT2D eigenvalue weighted by atomic mass is 16.5. The maximum Gasteiger partial charge on any atom is 0.342 e. The van der Waals surface area contributed by atoms with E-state index in [0.29, 0.717) is 12.8 Å². The number of aromatic hydroxyl groups is 2. The van der Waals surface area contributed by atoms with Gasteiger partial charge in [-0.2, -0.15) is 0 Å². The zero-order chi connectivity index (χ0) is 15.1. The van der Waals surface area contributed by atoms with Gasteiger partial charge in [0.15, 0.2) is 0 Å². The molecule has 0 aliphatic carbocycles. The lowest BCUT2D eigenvalue weighted by Gasteiger charge is -2.09. The molecule has 0 spiro atoms. The Labute approximate surface area is 116 Å². The number of carbonyl (C=O) groups excluding carboxylic acids is 2. The normalized spacial score (nSPS) is 10.1. The molecule has 0 bridgehead atoms. The maximum absolute atomic E-state index is 11.6. The first-order chi connectivity index (χ1) is 9.51. The predicted molar refractivity (Wildman–Crippen MR) is 70.9 cm³/mol. The van der Waals surface area contributed by atoms with Gasteiger partial charge < -0.3 is 19.7 Å². The van der Waals surface area contributed by atoms with Crippen molar-refractivity contribution in [1.82, 2.24) is 0 Å². The van der Waals surface area contributed by atoms with Crippen LogP contribution in [0.1, 0.15) is 47.4 Å². The summed E-state index contributed by atoms with van der Waals surface area (Å²) in [5, 5.41) is 19.5. The standard InChI is InChI=1S/C14H18O6/c1-3-5-19-13(17)9-7-12(16)10(8-11(9)15)14(18)20-6-4-2/h7-8,15-16H,3-6H2,1-2H3. The van der Waals surface area contributed by atoms with Crippen molar-refractivity contribution < 1.29 is 29.3 Å². The number of hydrogen-bond donors (Lipinski definition) is 2. The lowest BCUT2D eigenvalue weighted by Crippen LogP contribution is -2.09. The van der Waals surface area contributed by atoms with Crippen molar-refractivity contribution >= 4 is 11.9 Å². The van der Waals surface area contributed by atoms with Crippen LogP contribution < -0.4 is 0 Å². The molecule has 0 saturated carbocycles. The van der Waals surface area contributed by atoms with Crippen LogP contribution in [-0.2, 0) is 9.47 Å². The third-order valence-corrected chi connectivity index (χ3v) is 2.43. The van der Waals surface area contributed by atoms with E-state index >= 15 is 0 Å². The molecule has 110 valence electrons. The van der Waals surface area contributed by atoms with Crippen LogP contribution in [0.25, 0.3) is 0 Å². The van der Waals surface area contributed by atoms with Crippen molar-refractivity contribution in [2.75, 3.05) is 13.2 Å². The highest BCUT2D eigenvalue weighted by Gasteiger charge is 2.20. The second-order valence-corrected chi connectivity index (χ2v) is 4.16. The van der Waals surface area contributed by atoms with Crippen LogP contribution in [0.5, 0.6) is 11.5 Å². The molecule has 6 heteroatoms. The average molecular weight is 282 g/mol. The summed E-state index contributed by atoms with van der Waals surface area (Å²) in [5.41, 5.74) is -0.383. The number of phenolic OH excluding ortho intramolecular Hbond substituents is 2. The summed E-state index contributed by atoms with van der Waals surface area (Å²) in [4.78, 5) is 23.2. The van der Waals surface area contributed by atoms with E-state index in [1.54, 1.807) is 0 Å². The van der Waals surface area contributed by atoms with Gasteiger partial charge >= 0.3 is 11.9 Å². The van der Waals surface area contributed by atoms with Crippen LogP contribution in [0.4, 0.5) is 0 Å². The minimum Gasteiger partial charge on any atom is -0.507 e. The van der Waals surface area contributed by atoms with Crippen LogP contribution in [0, 0.1) is 0 Å². The van der Waals surface area contributed by atoms with Gasteiger partial charge in [-0.3, -0.25) is 0 Å². The summed E-state index contributed by atoms with van der Waals surface area (Å²) in [6.45, 7) is 4.08. The van der Waals surface area contributed by atoms with Gasteiger partial charge in [0.1, 0.15) is 22.6 Å². The molecule has 0 radical (unpaired) electrons. The van der Waals surface area contributed by atoms with Crippen molar-refractivity contribution in [3.63, 3.8) is 0 Å². The minimum absolute atomic E-state index is 0.192. The Balaban J connectivity index is 2.96. The smallest absolute Gasteiger partial charge is 0.342 e. The largest absolute Gasteiger partial charge is 0.507 e. The van der Waals surface area contributed by atoms with Gasteiger partial charge in [0.05, 0.1) is 13.2 Å². The van der Waals surface area contributed by atoms with E-state index in [4.69, 9.17) is 9.47 Å². The van der Waals surface area contributed by atoms with Crippen molar-refractivity contribution in [1.29, 1.82) is 0 Å². The number of ether oxygens (including phenoxy) is 2. The van der Waals surface area contributed by atoms with E-state index in [-0.39, 0.29) is 24.3 Å². The molecule has 6 nitrogen and oxygen atoms in total. The monoisotopic (exact) mass is 282 g/mol. The summed E-state index contributed by atoms with van der Waals surface area (Å²) in [6.07, 6.45) is 1.28. The van der Waals surface area contributed by atoms with E-state index in [0.717, 1.165) is 12.1 Å². The van der Waals surface area contributed by atoms with Gasteiger partial charge in [-0.25, -0.2) is 9.59 Å². The fourth-order valence-electron chi connectivity index (χ4n) is 1.45. The highest BCUT2D eigenvalue weighted by Crippen LogP contribution is 2.28. The van der Waals surface area contributed by atoms with Crippen molar-refractivity contribution in [2.24, 2.45) is 0 Å². The van der Waals surface area contributed by atoms with Gasteiger partial charge in [-0.05, 0) is 25.0 Å². The number of benzene rings is 1. The van der Waals surface area contributed by atoms with Crippen molar-refractivity contribution in [2.45, 2.75) is 26.7 Å². The number of rotatable bonds is 6. The van der Waals surface area contributed by atoms with Gasteiger partial charge in [0, 0.05) is 0 Å². The summed E-state index contributed by atoms with van der Waals surface area (Å²) in [7, 11) is 0. The summed E-state index contributed by atoms with van der Waals surface area (Å²) >= 11 is 0. The predicted octanol–water partition coefficient (Wildman–Crippen LogP) is 2.23. The molecular weight excluding hydrogens is 264 g/mol. The number of esters is 2. The fraction of sp³-hybridized carbons (Fsp3) is 0.429. The molecule has 0 unspecified atom stereocenters. The Morgan fingerprint density at radius 1 is 0.900 bits per heavy atom. The number of carbonyl (C=O) groups is 2. The third kappa shape index (κ3) is 3.88. The highest BCUT2D eigenvalue weighted by molar-refractivity contribution is 5.98. The van der Waals surface area contributed by atoms with Crippen LogP contribution >= 0.6 is 0 Å². The second-order valence-electron chi connectivity index (χ2n) is 4.16. The van der Waals surface area contributed by atoms with Gasteiger partial charge in [0.25, 0.3) is 0 Å². The van der Waals surface area contributed by atoms with Crippen LogP contribution in [0.3, 0.4) is 0 Å². The SMILES string of the molecule is CCCOC(=O)c1cc(O)c(C(=O)OCCC)cc1O. The molecular formula is C14H18O6. The minimum atomic E-state index is -0.756.